The number of halogens is 2. The molecular formula is C26H30ClFN4O3. The van der Waals surface area contributed by atoms with Crippen molar-refractivity contribution in [3.05, 3.63) is 52.9 Å². The Labute approximate surface area is 209 Å². The minimum atomic E-state index is -1.22. The Balaban J connectivity index is 1.20. The van der Waals surface area contributed by atoms with E-state index in [-0.39, 0.29) is 40.7 Å². The van der Waals surface area contributed by atoms with Gasteiger partial charge >= 0.3 is 0 Å². The quantitative estimate of drug-likeness (QED) is 0.594. The molecule has 186 valence electrons. The van der Waals surface area contributed by atoms with Crippen LogP contribution in [0.1, 0.15) is 62.7 Å². The molecule has 5 rings (SSSR count). The van der Waals surface area contributed by atoms with Crippen LogP contribution < -0.4 is 20.3 Å². The molecule has 2 amide bonds. The molecule has 3 aliphatic rings. The van der Waals surface area contributed by atoms with Crippen LogP contribution in [-0.4, -0.2) is 46.6 Å². The number of pyridine rings is 1. The second kappa shape index (κ2) is 9.30. The van der Waals surface area contributed by atoms with E-state index >= 15 is 0 Å². The summed E-state index contributed by atoms with van der Waals surface area (Å²) in [5.74, 6) is 0.201. The molecule has 2 saturated heterocycles. The van der Waals surface area contributed by atoms with E-state index in [1.807, 2.05) is 12.1 Å². The Hall–Kier alpha value is -2.87. The number of benzene rings is 1. The summed E-state index contributed by atoms with van der Waals surface area (Å²) >= 11 is 6.11. The number of piperidine rings is 1. The zero-order valence-electron chi connectivity index (χ0n) is 19.9. The number of nitrogens with one attached hydrogen (secondary N) is 2. The molecule has 9 heteroatoms. The summed E-state index contributed by atoms with van der Waals surface area (Å²) in [6, 6.07) is 8.45. The molecule has 0 spiro atoms. The molecule has 3 fully saturated rings. The molecule has 2 atom stereocenters. The minimum Gasteiger partial charge on any atom is -0.476 e. The fourth-order valence-corrected chi connectivity index (χ4v) is 5.23. The van der Waals surface area contributed by atoms with Crippen LogP contribution >= 0.6 is 11.6 Å². The molecule has 1 aromatic carbocycles. The minimum absolute atomic E-state index is 0.00528. The molecule has 1 aromatic heterocycles. The fraction of sp³-hybridized carbons (Fsp3) is 0.500. The van der Waals surface area contributed by atoms with Gasteiger partial charge in [-0.2, -0.15) is 0 Å². The molecule has 2 aliphatic heterocycles. The lowest BCUT2D eigenvalue weighted by atomic mass is 9.96. The zero-order chi connectivity index (χ0) is 24.7. The summed E-state index contributed by atoms with van der Waals surface area (Å²) in [5, 5.41) is 6.37. The van der Waals surface area contributed by atoms with Crippen LogP contribution in [0.2, 0.25) is 5.02 Å². The smallest absolute Gasteiger partial charge is 0.263 e. The first-order chi connectivity index (χ1) is 16.7. The standard InChI is InChI=1S/C26H30ClFN4O3/c1-26(2,35-22-11-16(28)4-9-21(22)27)25(34)31-18-12-19-7-8-20(13-18)32(19)23-10-3-15(14-29-23)24(33)30-17-5-6-17/h3-4,9-11,14,17-20H,5-8,12-13H2,1-2H3,(H,30,33)(H,31,34). The summed E-state index contributed by atoms with van der Waals surface area (Å²) in [6.45, 7) is 3.30. The number of carbonyl (C=O) groups is 2. The Morgan fingerprint density at radius 3 is 2.40 bits per heavy atom. The van der Waals surface area contributed by atoms with Crippen molar-refractivity contribution in [2.24, 2.45) is 0 Å². The topological polar surface area (TPSA) is 83.6 Å². The van der Waals surface area contributed by atoms with Crippen molar-refractivity contribution in [1.29, 1.82) is 0 Å². The van der Waals surface area contributed by atoms with Crippen LogP contribution in [-0.2, 0) is 4.79 Å². The predicted octanol–water partition coefficient (Wildman–Crippen LogP) is 4.24. The van der Waals surface area contributed by atoms with E-state index in [4.69, 9.17) is 16.3 Å². The van der Waals surface area contributed by atoms with Crippen molar-refractivity contribution in [3.63, 3.8) is 0 Å². The number of anilines is 1. The average molecular weight is 501 g/mol. The second-order valence-corrected chi connectivity index (χ2v) is 10.7. The van der Waals surface area contributed by atoms with Crippen molar-refractivity contribution in [2.75, 3.05) is 4.90 Å². The van der Waals surface area contributed by atoms with E-state index in [9.17, 15) is 14.0 Å². The largest absolute Gasteiger partial charge is 0.476 e. The van der Waals surface area contributed by atoms with Crippen LogP contribution in [0, 0.1) is 5.82 Å². The highest BCUT2D eigenvalue weighted by atomic mass is 35.5. The molecule has 2 N–H and O–H groups in total. The van der Waals surface area contributed by atoms with Gasteiger partial charge in [-0.1, -0.05) is 11.6 Å². The van der Waals surface area contributed by atoms with E-state index in [0.717, 1.165) is 44.3 Å². The zero-order valence-corrected chi connectivity index (χ0v) is 20.6. The van der Waals surface area contributed by atoms with Gasteiger partial charge in [-0.05, 0) is 76.6 Å². The summed E-state index contributed by atoms with van der Waals surface area (Å²) < 4.78 is 19.4. The summed E-state index contributed by atoms with van der Waals surface area (Å²) in [5.41, 5.74) is -0.637. The molecule has 0 radical (unpaired) electrons. The summed E-state index contributed by atoms with van der Waals surface area (Å²) in [6.07, 6.45) is 7.40. The van der Waals surface area contributed by atoms with Crippen LogP contribution in [0.3, 0.4) is 0 Å². The van der Waals surface area contributed by atoms with Gasteiger partial charge in [0, 0.05) is 36.4 Å². The molecule has 2 aromatic rings. The summed E-state index contributed by atoms with van der Waals surface area (Å²) in [7, 11) is 0. The normalized spacial score (nSPS) is 23.7. The maximum Gasteiger partial charge on any atom is 0.263 e. The number of nitrogens with zero attached hydrogens (tertiary/aromatic N) is 2. The lowest BCUT2D eigenvalue weighted by Gasteiger charge is -2.40. The third kappa shape index (κ3) is 5.22. The van der Waals surface area contributed by atoms with Crippen LogP contribution in [0.15, 0.2) is 36.5 Å². The molecule has 2 unspecified atom stereocenters. The Kier molecular flexibility index (Phi) is 6.34. The van der Waals surface area contributed by atoms with Gasteiger partial charge in [-0.25, -0.2) is 9.37 Å². The number of amides is 2. The molecule has 2 bridgehead atoms. The molecular weight excluding hydrogens is 471 g/mol. The first kappa shape index (κ1) is 23.9. The van der Waals surface area contributed by atoms with Crippen LogP contribution in [0.4, 0.5) is 10.2 Å². The molecule has 1 aliphatic carbocycles. The second-order valence-electron chi connectivity index (χ2n) is 10.3. The summed E-state index contributed by atoms with van der Waals surface area (Å²) in [4.78, 5) is 32.3. The van der Waals surface area contributed by atoms with Crippen molar-refractivity contribution >= 4 is 29.2 Å². The molecule has 1 saturated carbocycles. The first-order valence-electron chi connectivity index (χ1n) is 12.2. The van der Waals surface area contributed by atoms with Crippen molar-refractivity contribution in [2.45, 2.75) is 82.1 Å². The highest BCUT2D eigenvalue weighted by Gasteiger charge is 2.43. The van der Waals surface area contributed by atoms with Gasteiger partial charge in [0.05, 0.1) is 10.6 Å². The molecule has 35 heavy (non-hydrogen) atoms. The van der Waals surface area contributed by atoms with E-state index in [1.54, 1.807) is 20.0 Å². The highest BCUT2D eigenvalue weighted by molar-refractivity contribution is 6.32. The van der Waals surface area contributed by atoms with Crippen LogP contribution in [0.5, 0.6) is 5.75 Å². The number of hydrogen-bond acceptors (Lipinski definition) is 5. The van der Waals surface area contributed by atoms with Gasteiger partial charge in [-0.15, -0.1) is 0 Å². The Morgan fingerprint density at radius 2 is 1.77 bits per heavy atom. The van der Waals surface area contributed by atoms with Gasteiger partial charge in [0.15, 0.2) is 5.60 Å². The van der Waals surface area contributed by atoms with Crippen molar-refractivity contribution in [1.82, 2.24) is 15.6 Å². The highest BCUT2D eigenvalue weighted by Crippen LogP contribution is 2.39. The molecule has 3 heterocycles. The first-order valence-corrected chi connectivity index (χ1v) is 12.6. The lowest BCUT2D eigenvalue weighted by molar-refractivity contribution is -0.135. The van der Waals surface area contributed by atoms with E-state index < -0.39 is 11.4 Å². The number of ether oxygens (including phenoxy) is 1. The van der Waals surface area contributed by atoms with E-state index in [1.165, 1.54) is 18.2 Å². The Morgan fingerprint density at radius 1 is 1.06 bits per heavy atom. The van der Waals surface area contributed by atoms with E-state index in [2.05, 4.69) is 20.5 Å². The van der Waals surface area contributed by atoms with Gasteiger partial charge in [0.2, 0.25) is 0 Å². The maximum atomic E-state index is 13.6. The number of aromatic nitrogens is 1. The maximum absolute atomic E-state index is 13.6. The average Bonchev–Trinajstić information content (AvgIpc) is 3.59. The predicted molar refractivity (Wildman–Crippen MR) is 131 cm³/mol. The van der Waals surface area contributed by atoms with Gasteiger partial charge in [-0.3, -0.25) is 9.59 Å². The molecule has 7 nitrogen and oxygen atoms in total. The van der Waals surface area contributed by atoms with Crippen LogP contribution in [0.25, 0.3) is 0 Å². The number of fused-ring (bicyclic) bond motifs is 2. The monoisotopic (exact) mass is 500 g/mol. The third-order valence-electron chi connectivity index (χ3n) is 7.06. The number of carbonyl (C=O) groups excluding carboxylic acids is 2. The number of hydrogen-bond donors (Lipinski definition) is 2. The third-order valence-corrected chi connectivity index (χ3v) is 7.37. The van der Waals surface area contributed by atoms with Crippen molar-refractivity contribution < 1.29 is 18.7 Å². The number of rotatable bonds is 7. The lowest BCUT2D eigenvalue weighted by Crippen LogP contribution is -2.55. The SMILES string of the molecule is CC(C)(Oc1cc(F)ccc1Cl)C(=O)NC1CC2CCC(C1)N2c1ccc(C(=O)NC2CC2)cn1. The van der Waals surface area contributed by atoms with E-state index in [0.29, 0.717) is 11.6 Å². The fourth-order valence-electron chi connectivity index (χ4n) is 5.07. The van der Waals surface area contributed by atoms with Gasteiger partial charge in [0.1, 0.15) is 17.4 Å². The Bertz CT molecular complexity index is 1110. The van der Waals surface area contributed by atoms with Gasteiger partial charge < -0.3 is 20.3 Å². The van der Waals surface area contributed by atoms with Gasteiger partial charge in [0.25, 0.3) is 11.8 Å². The van der Waals surface area contributed by atoms with Crippen molar-refractivity contribution in [3.8, 4) is 5.75 Å².